The first kappa shape index (κ1) is 10.5. The highest BCUT2D eigenvalue weighted by Gasteiger charge is 1.99. The Balaban J connectivity index is 2.31. The SMILES string of the molecule is COC(=O)COCc1ccc(O)cc1. The molecule has 1 aromatic rings. The number of phenolic OH excluding ortho intramolecular Hbond substituents is 1. The molecule has 0 saturated carbocycles. The first-order valence-corrected chi connectivity index (χ1v) is 4.15. The number of hydrogen-bond donors (Lipinski definition) is 1. The van der Waals surface area contributed by atoms with Crippen LogP contribution in [-0.4, -0.2) is 24.8 Å². The van der Waals surface area contributed by atoms with Crippen LogP contribution in [0.3, 0.4) is 0 Å². The van der Waals surface area contributed by atoms with Crippen molar-refractivity contribution in [2.24, 2.45) is 0 Å². The lowest BCUT2D eigenvalue weighted by Gasteiger charge is -2.02. The maximum absolute atomic E-state index is 10.7. The van der Waals surface area contributed by atoms with Gasteiger partial charge in [-0.05, 0) is 17.7 Å². The van der Waals surface area contributed by atoms with E-state index in [9.17, 15) is 4.79 Å². The fourth-order valence-corrected chi connectivity index (χ4v) is 0.903. The largest absolute Gasteiger partial charge is 0.508 e. The van der Waals surface area contributed by atoms with Gasteiger partial charge in [0, 0.05) is 0 Å². The third-order valence-electron chi connectivity index (χ3n) is 1.65. The minimum Gasteiger partial charge on any atom is -0.508 e. The van der Waals surface area contributed by atoms with E-state index in [1.165, 1.54) is 7.11 Å². The van der Waals surface area contributed by atoms with Crippen molar-refractivity contribution in [3.8, 4) is 5.75 Å². The molecule has 4 heteroatoms. The number of benzene rings is 1. The third-order valence-corrected chi connectivity index (χ3v) is 1.65. The van der Waals surface area contributed by atoms with E-state index in [1.54, 1.807) is 24.3 Å². The highest BCUT2D eigenvalue weighted by molar-refractivity contribution is 5.70. The Hall–Kier alpha value is -1.55. The Kier molecular flexibility index (Phi) is 3.94. The van der Waals surface area contributed by atoms with Gasteiger partial charge in [-0.3, -0.25) is 0 Å². The molecule has 4 nitrogen and oxygen atoms in total. The molecule has 0 spiro atoms. The van der Waals surface area contributed by atoms with Crippen LogP contribution in [0.4, 0.5) is 0 Å². The zero-order valence-corrected chi connectivity index (χ0v) is 7.90. The molecule has 0 saturated heterocycles. The third kappa shape index (κ3) is 3.45. The lowest BCUT2D eigenvalue weighted by molar-refractivity contribution is -0.146. The van der Waals surface area contributed by atoms with Crippen molar-refractivity contribution in [2.45, 2.75) is 6.61 Å². The Morgan fingerprint density at radius 2 is 2.00 bits per heavy atom. The van der Waals surface area contributed by atoms with E-state index in [1.807, 2.05) is 0 Å². The molecule has 1 aromatic carbocycles. The number of carbonyl (C=O) groups is 1. The summed E-state index contributed by atoms with van der Waals surface area (Å²) in [6, 6.07) is 6.59. The molecule has 1 N–H and O–H groups in total. The van der Waals surface area contributed by atoms with E-state index in [0.717, 1.165) is 5.56 Å². The summed E-state index contributed by atoms with van der Waals surface area (Å²) in [5.41, 5.74) is 0.895. The maximum atomic E-state index is 10.7. The van der Waals surface area contributed by atoms with E-state index >= 15 is 0 Å². The molecule has 0 amide bonds. The van der Waals surface area contributed by atoms with Crippen molar-refractivity contribution in [1.82, 2.24) is 0 Å². The van der Waals surface area contributed by atoms with Crippen LogP contribution in [0.1, 0.15) is 5.56 Å². The highest BCUT2D eigenvalue weighted by Crippen LogP contribution is 2.10. The molecule has 1 rings (SSSR count). The number of ether oxygens (including phenoxy) is 2. The van der Waals surface area contributed by atoms with Crippen molar-refractivity contribution >= 4 is 5.97 Å². The molecule has 0 unspecified atom stereocenters. The zero-order valence-electron chi connectivity index (χ0n) is 7.90. The van der Waals surface area contributed by atoms with Gasteiger partial charge in [-0.1, -0.05) is 12.1 Å². The number of esters is 1. The van der Waals surface area contributed by atoms with Gasteiger partial charge in [0.05, 0.1) is 13.7 Å². The van der Waals surface area contributed by atoms with Crippen LogP contribution in [0.5, 0.6) is 5.75 Å². The van der Waals surface area contributed by atoms with Gasteiger partial charge < -0.3 is 14.6 Å². The zero-order chi connectivity index (χ0) is 10.4. The first-order valence-electron chi connectivity index (χ1n) is 4.15. The summed E-state index contributed by atoms with van der Waals surface area (Å²) in [6.45, 7) is 0.271. The lowest BCUT2D eigenvalue weighted by Crippen LogP contribution is -2.09. The van der Waals surface area contributed by atoms with Crippen LogP contribution in [0.25, 0.3) is 0 Å². The summed E-state index contributed by atoms with van der Waals surface area (Å²) in [7, 11) is 1.31. The second kappa shape index (κ2) is 5.24. The van der Waals surface area contributed by atoms with Crippen molar-refractivity contribution < 1.29 is 19.4 Å². The molecule has 0 aliphatic carbocycles. The fraction of sp³-hybridized carbons (Fsp3) is 0.300. The Morgan fingerprint density at radius 3 is 2.57 bits per heavy atom. The average molecular weight is 196 g/mol. The molecule has 0 atom stereocenters. The monoisotopic (exact) mass is 196 g/mol. The minimum atomic E-state index is -0.399. The summed E-state index contributed by atoms with van der Waals surface area (Å²) < 4.78 is 9.46. The standard InChI is InChI=1S/C10H12O4/c1-13-10(12)7-14-6-8-2-4-9(11)5-3-8/h2-5,11H,6-7H2,1H3. The summed E-state index contributed by atoms with van der Waals surface area (Å²) in [4.78, 5) is 10.7. The van der Waals surface area contributed by atoms with Crippen molar-refractivity contribution in [2.75, 3.05) is 13.7 Å². The van der Waals surface area contributed by atoms with E-state index < -0.39 is 5.97 Å². The maximum Gasteiger partial charge on any atom is 0.331 e. The topological polar surface area (TPSA) is 55.8 Å². The van der Waals surface area contributed by atoms with E-state index in [2.05, 4.69) is 4.74 Å². The molecular formula is C10H12O4. The Labute approximate surface area is 82.1 Å². The van der Waals surface area contributed by atoms with Crippen LogP contribution < -0.4 is 0 Å². The molecule has 14 heavy (non-hydrogen) atoms. The molecule has 0 aromatic heterocycles. The van der Waals surface area contributed by atoms with Gasteiger partial charge in [-0.15, -0.1) is 0 Å². The molecule has 0 aliphatic rings. The van der Waals surface area contributed by atoms with Crippen LogP contribution in [0, 0.1) is 0 Å². The van der Waals surface area contributed by atoms with Gasteiger partial charge in [0.25, 0.3) is 0 Å². The summed E-state index contributed by atoms with van der Waals surface area (Å²) in [5, 5.41) is 8.99. The number of hydrogen-bond acceptors (Lipinski definition) is 4. The Morgan fingerprint density at radius 1 is 1.36 bits per heavy atom. The summed E-state index contributed by atoms with van der Waals surface area (Å²) in [5.74, 6) is -0.189. The quantitative estimate of drug-likeness (QED) is 0.732. The lowest BCUT2D eigenvalue weighted by atomic mass is 10.2. The predicted octanol–water partition coefficient (Wildman–Crippen LogP) is 1.08. The predicted molar refractivity (Wildman–Crippen MR) is 49.8 cm³/mol. The van der Waals surface area contributed by atoms with Gasteiger partial charge in [0.2, 0.25) is 0 Å². The summed E-state index contributed by atoms with van der Waals surface area (Å²) >= 11 is 0. The molecule has 0 radical (unpaired) electrons. The van der Waals surface area contributed by atoms with Gasteiger partial charge in [-0.25, -0.2) is 4.79 Å². The van der Waals surface area contributed by atoms with Crippen molar-refractivity contribution in [3.05, 3.63) is 29.8 Å². The minimum absolute atomic E-state index is 0.0582. The number of phenols is 1. The molecule has 0 fully saturated rings. The number of methoxy groups -OCH3 is 1. The van der Waals surface area contributed by atoms with Crippen molar-refractivity contribution in [3.63, 3.8) is 0 Å². The number of rotatable bonds is 4. The van der Waals surface area contributed by atoms with Gasteiger partial charge in [0.15, 0.2) is 0 Å². The second-order valence-corrected chi connectivity index (χ2v) is 2.74. The molecule has 0 bridgehead atoms. The van der Waals surface area contributed by atoms with Gasteiger partial charge in [0.1, 0.15) is 12.4 Å². The average Bonchev–Trinajstić information content (AvgIpc) is 2.21. The van der Waals surface area contributed by atoms with Gasteiger partial charge >= 0.3 is 5.97 Å². The van der Waals surface area contributed by atoms with Crippen LogP contribution in [0.2, 0.25) is 0 Å². The van der Waals surface area contributed by atoms with E-state index in [4.69, 9.17) is 9.84 Å². The first-order chi connectivity index (χ1) is 6.72. The van der Waals surface area contributed by atoms with Crippen molar-refractivity contribution in [1.29, 1.82) is 0 Å². The van der Waals surface area contributed by atoms with E-state index in [0.29, 0.717) is 6.61 Å². The molecular weight excluding hydrogens is 184 g/mol. The number of aromatic hydroxyl groups is 1. The van der Waals surface area contributed by atoms with Crippen LogP contribution in [-0.2, 0) is 20.9 Å². The highest BCUT2D eigenvalue weighted by atomic mass is 16.6. The van der Waals surface area contributed by atoms with Gasteiger partial charge in [-0.2, -0.15) is 0 Å². The number of carbonyl (C=O) groups excluding carboxylic acids is 1. The smallest absolute Gasteiger partial charge is 0.331 e. The van der Waals surface area contributed by atoms with Crippen LogP contribution >= 0.6 is 0 Å². The summed E-state index contributed by atoms with van der Waals surface area (Å²) in [6.07, 6.45) is 0. The molecule has 0 heterocycles. The Bertz CT molecular complexity index is 291. The second-order valence-electron chi connectivity index (χ2n) is 2.74. The normalized spacial score (nSPS) is 9.79. The molecule has 0 aliphatic heterocycles. The molecule has 76 valence electrons. The van der Waals surface area contributed by atoms with E-state index in [-0.39, 0.29) is 12.4 Å². The van der Waals surface area contributed by atoms with Crippen LogP contribution in [0.15, 0.2) is 24.3 Å². The fourth-order valence-electron chi connectivity index (χ4n) is 0.903.